The molecular weight excluding hydrogens is 253 g/mol. The predicted octanol–water partition coefficient (Wildman–Crippen LogP) is 2.93. The minimum Gasteiger partial charge on any atom is -0.325 e. The van der Waals surface area contributed by atoms with E-state index in [0.29, 0.717) is 0 Å². The van der Waals surface area contributed by atoms with Crippen molar-refractivity contribution in [2.24, 2.45) is 0 Å². The maximum Gasteiger partial charge on any atom is 0.239 e. The fraction of sp³-hybridized carbons (Fsp3) is 0.222. The van der Waals surface area contributed by atoms with Gasteiger partial charge in [-0.15, -0.1) is 11.6 Å². The van der Waals surface area contributed by atoms with Gasteiger partial charge >= 0.3 is 0 Å². The number of rotatable bonds is 2. The Hall–Kier alpha value is -0.540. The molecule has 0 bridgehead atoms. The summed E-state index contributed by atoms with van der Waals surface area (Å²) < 4.78 is 0.933. The van der Waals surface area contributed by atoms with Gasteiger partial charge in [-0.25, -0.2) is 0 Å². The zero-order valence-electron chi connectivity index (χ0n) is 7.10. The van der Waals surface area contributed by atoms with Gasteiger partial charge in [0.25, 0.3) is 0 Å². The van der Waals surface area contributed by atoms with Gasteiger partial charge in [0.1, 0.15) is 5.88 Å². The molecular formula is C9H9BrClNO. The Labute approximate surface area is 90.4 Å². The SMILES string of the molecule is Cc1ccc(Br)cc1NC(=O)CCl. The highest BCUT2D eigenvalue weighted by molar-refractivity contribution is 9.10. The third-order valence-electron chi connectivity index (χ3n) is 1.60. The fourth-order valence-electron chi connectivity index (χ4n) is 0.913. The highest BCUT2D eigenvalue weighted by Gasteiger charge is 2.02. The van der Waals surface area contributed by atoms with Crippen LogP contribution in [0.3, 0.4) is 0 Å². The fourth-order valence-corrected chi connectivity index (χ4v) is 1.34. The van der Waals surface area contributed by atoms with E-state index in [1.807, 2.05) is 25.1 Å². The predicted molar refractivity (Wildman–Crippen MR) is 58.2 cm³/mol. The maximum absolute atomic E-state index is 11.0. The average Bonchev–Trinajstić information content (AvgIpc) is 2.11. The molecule has 1 rings (SSSR count). The monoisotopic (exact) mass is 261 g/mol. The lowest BCUT2D eigenvalue weighted by Crippen LogP contribution is -2.13. The molecule has 13 heavy (non-hydrogen) atoms. The number of aryl methyl sites for hydroxylation is 1. The lowest BCUT2D eigenvalue weighted by atomic mass is 10.2. The third kappa shape index (κ3) is 3.01. The van der Waals surface area contributed by atoms with E-state index in [1.54, 1.807) is 0 Å². The maximum atomic E-state index is 11.0. The number of anilines is 1. The van der Waals surface area contributed by atoms with E-state index in [9.17, 15) is 4.79 Å². The zero-order chi connectivity index (χ0) is 9.84. The smallest absolute Gasteiger partial charge is 0.239 e. The highest BCUT2D eigenvalue weighted by atomic mass is 79.9. The van der Waals surface area contributed by atoms with Crippen LogP contribution < -0.4 is 5.32 Å². The third-order valence-corrected chi connectivity index (χ3v) is 2.33. The number of benzene rings is 1. The topological polar surface area (TPSA) is 29.1 Å². The average molecular weight is 263 g/mol. The Kier molecular flexibility index (Phi) is 3.75. The van der Waals surface area contributed by atoms with Gasteiger partial charge in [-0.05, 0) is 24.6 Å². The molecule has 0 saturated heterocycles. The van der Waals surface area contributed by atoms with Crippen LogP contribution in [0.5, 0.6) is 0 Å². The van der Waals surface area contributed by atoms with Crippen molar-refractivity contribution < 1.29 is 4.79 Å². The van der Waals surface area contributed by atoms with E-state index in [4.69, 9.17) is 11.6 Å². The van der Waals surface area contributed by atoms with Gasteiger partial charge in [0.05, 0.1) is 0 Å². The molecule has 1 amide bonds. The van der Waals surface area contributed by atoms with Crippen molar-refractivity contribution in [3.8, 4) is 0 Å². The first-order chi connectivity index (χ1) is 6.13. The molecule has 0 saturated carbocycles. The minimum atomic E-state index is -0.192. The first-order valence-electron chi connectivity index (χ1n) is 3.75. The summed E-state index contributed by atoms with van der Waals surface area (Å²) in [5.74, 6) is -0.214. The largest absolute Gasteiger partial charge is 0.325 e. The summed E-state index contributed by atoms with van der Waals surface area (Å²) >= 11 is 8.69. The highest BCUT2D eigenvalue weighted by Crippen LogP contribution is 2.20. The number of carbonyl (C=O) groups is 1. The normalized spacial score (nSPS) is 9.77. The number of halogens is 2. The molecule has 0 spiro atoms. The second kappa shape index (κ2) is 4.63. The van der Waals surface area contributed by atoms with Crippen LogP contribution in [0.15, 0.2) is 22.7 Å². The van der Waals surface area contributed by atoms with Crippen molar-refractivity contribution in [1.29, 1.82) is 0 Å². The van der Waals surface area contributed by atoms with Gasteiger partial charge in [0.2, 0.25) is 5.91 Å². The van der Waals surface area contributed by atoms with E-state index in [0.717, 1.165) is 15.7 Å². The molecule has 1 aromatic rings. The first-order valence-corrected chi connectivity index (χ1v) is 5.08. The summed E-state index contributed by atoms with van der Waals surface area (Å²) in [4.78, 5) is 11.0. The van der Waals surface area contributed by atoms with Crippen molar-refractivity contribution in [3.05, 3.63) is 28.2 Å². The molecule has 0 atom stereocenters. The molecule has 0 unspecified atom stereocenters. The number of hydrogen-bond donors (Lipinski definition) is 1. The van der Waals surface area contributed by atoms with E-state index in [-0.39, 0.29) is 11.8 Å². The Morgan fingerprint density at radius 3 is 2.92 bits per heavy atom. The molecule has 1 aromatic carbocycles. The van der Waals surface area contributed by atoms with Crippen LogP contribution in [-0.4, -0.2) is 11.8 Å². The van der Waals surface area contributed by atoms with Crippen LogP contribution in [0.25, 0.3) is 0 Å². The summed E-state index contributed by atoms with van der Waals surface area (Å²) in [6, 6.07) is 5.69. The van der Waals surface area contributed by atoms with Crippen LogP contribution >= 0.6 is 27.5 Å². The van der Waals surface area contributed by atoms with Crippen LogP contribution in [0.1, 0.15) is 5.56 Å². The molecule has 0 aliphatic rings. The van der Waals surface area contributed by atoms with Gasteiger partial charge in [-0.1, -0.05) is 22.0 Å². The summed E-state index contributed by atoms with van der Waals surface area (Å²) in [6.45, 7) is 1.93. The Balaban J connectivity index is 2.87. The van der Waals surface area contributed by atoms with Crippen LogP contribution in [0, 0.1) is 6.92 Å². The van der Waals surface area contributed by atoms with E-state index in [2.05, 4.69) is 21.2 Å². The van der Waals surface area contributed by atoms with E-state index >= 15 is 0 Å². The van der Waals surface area contributed by atoms with Crippen LogP contribution in [-0.2, 0) is 4.79 Å². The van der Waals surface area contributed by atoms with Crippen LogP contribution in [0.2, 0.25) is 0 Å². The van der Waals surface area contributed by atoms with E-state index in [1.165, 1.54) is 0 Å². The zero-order valence-corrected chi connectivity index (χ0v) is 9.45. The quantitative estimate of drug-likeness (QED) is 0.816. The van der Waals surface area contributed by atoms with Crippen molar-refractivity contribution in [2.75, 3.05) is 11.2 Å². The van der Waals surface area contributed by atoms with E-state index < -0.39 is 0 Å². The molecule has 4 heteroatoms. The number of nitrogens with one attached hydrogen (secondary N) is 1. The van der Waals surface area contributed by atoms with Gasteiger partial charge in [-0.3, -0.25) is 4.79 Å². The van der Waals surface area contributed by atoms with Gasteiger partial charge in [0, 0.05) is 10.2 Å². The first kappa shape index (κ1) is 10.5. The summed E-state index contributed by atoms with van der Waals surface area (Å²) in [6.07, 6.45) is 0. The second-order valence-electron chi connectivity index (χ2n) is 2.64. The molecule has 0 aliphatic carbocycles. The molecule has 70 valence electrons. The molecule has 0 aliphatic heterocycles. The number of hydrogen-bond acceptors (Lipinski definition) is 1. The standard InChI is InChI=1S/C9H9BrClNO/c1-6-2-3-7(10)4-8(6)12-9(13)5-11/h2-4H,5H2,1H3,(H,12,13). The molecule has 2 nitrogen and oxygen atoms in total. The summed E-state index contributed by atoms with van der Waals surface area (Å²) in [7, 11) is 0. The van der Waals surface area contributed by atoms with Crippen molar-refractivity contribution in [1.82, 2.24) is 0 Å². The summed E-state index contributed by atoms with van der Waals surface area (Å²) in [5, 5.41) is 2.70. The molecule has 0 fully saturated rings. The Morgan fingerprint density at radius 2 is 2.31 bits per heavy atom. The molecule has 1 N–H and O–H groups in total. The lowest BCUT2D eigenvalue weighted by Gasteiger charge is -2.06. The van der Waals surface area contributed by atoms with Crippen molar-refractivity contribution >= 4 is 39.1 Å². The molecule has 0 radical (unpaired) electrons. The Morgan fingerprint density at radius 1 is 1.62 bits per heavy atom. The number of amides is 1. The van der Waals surface area contributed by atoms with Gasteiger partial charge in [-0.2, -0.15) is 0 Å². The number of alkyl halides is 1. The van der Waals surface area contributed by atoms with Crippen molar-refractivity contribution in [2.45, 2.75) is 6.92 Å². The van der Waals surface area contributed by atoms with Gasteiger partial charge in [0.15, 0.2) is 0 Å². The number of carbonyl (C=O) groups excluding carboxylic acids is 1. The lowest BCUT2D eigenvalue weighted by molar-refractivity contribution is -0.113. The Bertz CT molecular complexity index is 327. The van der Waals surface area contributed by atoms with Crippen molar-refractivity contribution in [3.63, 3.8) is 0 Å². The molecule has 0 heterocycles. The van der Waals surface area contributed by atoms with Crippen LogP contribution in [0.4, 0.5) is 5.69 Å². The summed E-state index contributed by atoms with van der Waals surface area (Å²) in [5.41, 5.74) is 1.81. The van der Waals surface area contributed by atoms with Gasteiger partial charge < -0.3 is 5.32 Å². The second-order valence-corrected chi connectivity index (χ2v) is 3.82. The molecule has 0 aromatic heterocycles. The minimum absolute atomic E-state index is 0.0219.